The fraction of sp³-hybridized carbons (Fsp3) is 0.864. The Kier molecular flexibility index (Phi) is 3.60. The van der Waals surface area contributed by atoms with Crippen LogP contribution in [0.4, 0.5) is 0 Å². The third kappa shape index (κ3) is 2.07. The van der Waals surface area contributed by atoms with Crippen LogP contribution < -0.4 is 0 Å². The summed E-state index contributed by atoms with van der Waals surface area (Å²) >= 11 is 0. The van der Waals surface area contributed by atoms with Crippen LogP contribution in [0.3, 0.4) is 0 Å². The number of ketones is 1. The second kappa shape index (κ2) is 5.20. The lowest BCUT2D eigenvalue weighted by atomic mass is 9.47. The predicted molar refractivity (Wildman–Crippen MR) is 95.0 cm³/mol. The van der Waals surface area contributed by atoms with E-state index >= 15 is 0 Å². The zero-order valence-corrected chi connectivity index (χ0v) is 15.5. The Morgan fingerprint density at radius 1 is 1.13 bits per heavy atom. The number of allylic oxidation sites excluding steroid dienone is 2. The largest absolute Gasteiger partial charge is 0.299 e. The van der Waals surface area contributed by atoms with Gasteiger partial charge in [-0.3, -0.25) is 4.79 Å². The molecule has 23 heavy (non-hydrogen) atoms. The summed E-state index contributed by atoms with van der Waals surface area (Å²) < 4.78 is 0. The summed E-state index contributed by atoms with van der Waals surface area (Å²) in [6.45, 7) is 9.52. The predicted octanol–water partition coefficient (Wildman–Crippen LogP) is 5.79. The molecule has 0 spiro atoms. The lowest BCUT2D eigenvalue weighted by Crippen LogP contribution is -2.50. The van der Waals surface area contributed by atoms with Crippen molar-refractivity contribution in [1.29, 1.82) is 0 Å². The van der Waals surface area contributed by atoms with Crippen molar-refractivity contribution >= 4 is 5.78 Å². The Bertz CT molecular complexity index is 546. The maximum atomic E-state index is 13.0. The minimum absolute atomic E-state index is 0.00546. The maximum Gasteiger partial charge on any atom is 0.142 e. The van der Waals surface area contributed by atoms with E-state index in [2.05, 4.69) is 33.8 Å². The molecule has 0 radical (unpaired) electrons. The minimum atomic E-state index is 0.00546. The second-order valence-corrected chi connectivity index (χ2v) is 9.77. The molecule has 0 aromatic carbocycles. The number of hydrogen-bond acceptors (Lipinski definition) is 1. The first-order valence-corrected chi connectivity index (χ1v) is 10.1. The number of hydrogen-bond donors (Lipinski definition) is 0. The fourth-order valence-electron chi connectivity index (χ4n) is 7.14. The monoisotopic (exact) mass is 314 g/mol. The molecule has 7 atom stereocenters. The van der Waals surface area contributed by atoms with E-state index in [1.54, 1.807) is 5.57 Å². The average Bonchev–Trinajstić information content (AvgIpc) is 2.79. The molecule has 1 nitrogen and oxygen atoms in total. The summed E-state index contributed by atoms with van der Waals surface area (Å²) in [6.07, 6.45) is 12.7. The third-order valence-electron chi connectivity index (χ3n) is 8.70. The zero-order valence-electron chi connectivity index (χ0n) is 15.5. The van der Waals surface area contributed by atoms with Gasteiger partial charge in [-0.1, -0.05) is 39.3 Å². The SMILES string of the molecule is CC[C@@H]1C[C@H]2[C@@H]3CC=C4C[C@@H](C)CC[C@]4(C)[C@H]3CC[C@]2(C)C1=O. The molecule has 0 saturated heterocycles. The highest BCUT2D eigenvalue weighted by atomic mass is 16.1. The summed E-state index contributed by atoms with van der Waals surface area (Å²) in [5.41, 5.74) is 2.23. The van der Waals surface area contributed by atoms with Crippen molar-refractivity contribution in [3.8, 4) is 0 Å². The van der Waals surface area contributed by atoms with Crippen molar-refractivity contribution in [3.05, 3.63) is 11.6 Å². The number of rotatable bonds is 1. The molecule has 4 rings (SSSR count). The lowest BCUT2D eigenvalue weighted by Gasteiger charge is -2.57. The molecule has 1 heteroatoms. The van der Waals surface area contributed by atoms with Gasteiger partial charge >= 0.3 is 0 Å². The quantitative estimate of drug-likeness (QED) is 0.560. The third-order valence-corrected chi connectivity index (χ3v) is 8.70. The molecular formula is C22H34O. The number of carbonyl (C=O) groups excluding carboxylic acids is 1. The highest BCUT2D eigenvalue weighted by Gasteiger charge is 2.60. The zero-order chi connectivity index (χ0) is 16.4. The van der Waals surface area contributed by atoms with E-state index in [0.717, 1.165) is 30.6 Å². The van der Waals surface area contributed by atoms with E-state index < -0.39 is 0 Å². The van der Waals surface area contributed by atoms with Gasteiger partial charge in [-0.05, 0) is 80.5 Å². The number of Topliss-reactive ketones (excluding diaryl/α,β-unsaturated/α-hetero) is 1. The first-order chi connectivity index (χ1) is 10.9. The smallest absolute Gasteiger partial charge is 0.142 e. The Morgan fingerprint density at radius 2 is 1.87 bits per heavy atom. The van der Waals surface area contributed by atoms with Gasteiger partial charge in [0.1, 0.15) is 5.78 Å². The van der Waals surface area contributed by atoms with Crippen LogP contribution in [0.2, 0.25) is 0 Å². The molecule has 0 aromatic rings. The van der Waals surface area contributed by atoms with Gasteiger partial charge in [0.2, 0.25) is 0 Å². The van der Waals surface area contributed by atoms with Crippen LogP contribution in [0.5, 0.6) is 0 Å². The van der Waals surface area contributed by atoms with Crippen LogP contribution in [0.25, 0.3) is 0 Å². The first-order valence-electron chi connectivity index (χ1n) is 10.1. The Balaban J connectivity index is 1.68. The molecular weight excluding hydrogens is 280 g/mol. The van der Waals surface area contributed by atoms with Crippen LogP contribution in [0, 0.1) is 40.4 Å². The topological polar surface area (TPSA) is 17.1 Å². The van der Waals surface area contributed by atoms with Gasteiger partial charge in [0, 0.05) is 11.3 Å². The Hall–Kier alpha value is -0.590. The van der Waals surface area contributed by atoms with E-state index in [1.165, 1.54) is 38.5 Å². The van der Waals surface area contributed by atoms with Crippen molar-refractivity contribution in [1.82, 2.24) is 0 Å². The molecule has 3 saturated carbocycles. The van der Waals surface area contributed by atoms with E-state index in [0.29, 0.717) is 23.0 Å². The Labute approximate surface area is 142 Å². The van der Waals surface area contributed by atoms with Gasteiger partial charge in [0.05, 0.1) is 0 Å². The van der Waals surface area contributed by atoms with Crippen molar-refractivity contribution in [2.75, 3.05) is 0 Å². The van der Waals surface area contributed by atoms with E-state index in [1.807, 2.05) is 0 Å². The second-order valence-electron chi connectivity index (χ2n) is 9.77. The van der Waals surface area contributed by atoms with E-state index in [4.69, 9.17) is 0 Å². The summed E-state index contributed by atoms with van der Waals surface area (Å²) in [7, 11) is 0. The molecule has 0 heterocycles. The van der Waals surface area contributed by atoms with Crippen LogP contribution in [0.15, 0.2) is 11.6 Å². The molecule has 4 aliphatic rings. The molecule has 0 bridgehead atoms. The fourth-order valence-corrected chi connectivity index (χ4v) is 7.14. The minimum Gasteiger partial charge on any atom is -0.299 e. The molecule has 4 aliphatic carbocycles. The highest BCUT2D eigenvalue weighted by molar-refractivity contribution is 5.89. The van der Waals surface area contributed by atoms with Gasteiger partial charge in [0.15, 0.2) is 0 Å². The molecule has 0 aromatic heterocycles. The number of fused-ring (bicyclic) bond motifs is 5. The van der Waals surface area contributed by atoms with Gasteiger partial charge in [-0.2, -0.15) is 0 Å². The molecule has 0 unspecified atom stereocenters. The molecule has 0 amide bonds. The molecule has 0 N–H and O–H groups in total. The van der Waals surface area contributed by atoms with Crippen LogP contribution >= 0.6 is 0 Å². The summed E-state index contributed by atoms with van der Waals surface area (Å²) in [5.74, 6) is 4.12. The van der Waals surface area contributed by atoms with Crippen LogP contribution in [-0.4, -0.2) is 5.78 Å². The molecule has 3 fully saturated rings. The standard InChI is InChI=1S/C22H34O/c1-5-15-13-19-17-7-6-16-12-14(2)8-10-21(16,3)18(17)9-11-22(19,4)20(15)23/h6,14-15,17-19H,5,7-13H2,1-4H3/t14-,15+,17+,18-,19-,21-,22-/m0/s1. The van der Waals surface area contributed by atoms with E-state index in [-0.39, 0.29) is 5.41 Å². The molecule has 128 valence electrons. The van der Waals surface area contributed by atoms with Gasteiger partial charge in [-0.25, -0.2) is 0 Å². The summed E-state index contributed by atoms with van der Waals surface area (Å²) in [5, 5.41) is 0. The molecule has 0 aliphatic heterocycles. The van der Waals surface area contributed by atoms with Gasteiger partial charge < -0.3 is 0 Å². The normalized spacial score (nSPS) is 52.4. The highest BCUT2D eigenvalue weighted by Crippen LogP contribution is 2.65. The van der Waals surface area contributed by atoms with Crippen LogP contribution in [-0.2, 0) is 4.79 Å². The van der Waals surface area contributed by atoms with Crippen molar-refractivity contribution in [3.63, 3.8) is 0 Å². The maximum absolute atomic E-state index is 13.0. The van der Waals surface area contributed by atoms with Gasteiger partial charge in [-0.15, -0.1) is 0 Å². The summed E-state index contributed by atoms with van der Waals surface area (Å²) in [4.78, 5) is 13.0. The lowest BCUT2D eigenvalue weighted by molar-refractivity contribution is -0.134. The number of carbonyl (C=O) groups is 1. The Morgan fingerprint density at radius 3 is 2.61 bits per heavy atom. The van der Waals surface area contributed by atoms with Crippen molar-refractivity contribution in [2.24, 2.45) is 40.4 Å². The van der Waals surface area contributed by atoms with Gasteiger partial charge in [0.25, 0.3) is 0 Å². The van der Waals surface area contributed by atoms with Crippen LogP contribution in [0.1, 0.15) is 79.1 Å². The van der Waals surface area contributed by atoms with Crippen molar-refractivity contribution in [2.45, 2.75) is 79.1 Å². The first kappa shape index (κ1) is 15.9. The van der Waals surface area contributed by atoms with E-state index in [9.17, 15) is 4.79 Å². The average molecular weight is 315 g/mol. The summed E-state index contributed by atoms with van der Waals surface area (Å²) in [6, 6.07) is 0. The van der Waals surface area contributed by atoms with Crippen molar-refractivity contribution < 1.29 is 4.79 Å².